The summed E-state index contributed by atoms with van der Waals surface area (Å²) in [5, 5.41) is 11.7. The lowest BCUT2D eigenvalue weighted by molar-refractivity contribution is 0.0727. The summed E-state index contributed by atoms with van der Waals surface area (Å²) < 4.78 is 5.52. The van der Waals surface area contributed by atoms with Crippen molar-refractivity contribution in [2.75, 3.05) is 13.2 Å². The molecule has 106 valence electrons. The van der Waals surface area contributed by atoms with Crippen LogP contribution in [-0.4, -0.2) is 35.9 Å². The van der Waals surface area contributed by atoms with Crippen LogP contribution in [0.25, 0.3) is 0 Å². The van der Waals surface area contributed by atoms with Gasteiger partial charge in [-0.1, -0.05) is 17.9 Å². The third-order valence-corrected chi connectivity index (χ3v) is 3.72. The van der Waals surface area contributed by atoms with Crippen molar-refractivity contribution in [1.29, 1.82) is 0 Å². The molecule has 0 saturated carbocycles. The highest BCUT2D eigenvalue weighted by Gasteiger charge is 2.38. The standard InChI is InChI=1S/C16H19NO3/c1-12-16(2,8-10-20-12)17-15(19)14-7-3-5-13(11-14)6-4-9-18/h3,5,7,11-12,18H,8-10H2,1-2H3,(H,17,19). The van der Waals surface area contributed by atoms with E-state index in [1.165, 1.54) is 0 Å². The molecule has 1 heterocycles. The molecule has 1 amide bonds. The van der Waals surface area contributed by atoms with Crippen molar-refractivity contribution in [3.63, 3.8) is 0 Å². The number of hydrogen-bond acceptors (Lipinski definition) is 3. The monoisotopic (exact) mass is 273 g/mol. The molecule has 1 aromatic carbocycles. The first kappa shape index (κ1) is 14.6. The third kappa shape index (κ3) is 3.19. The fraction of sp³-hybridized carbons (Fsp3) is 0.438. The van der Waals surface area contributed by atoms with E-state index in [0.717, 1.165) is 6.42 Å². The number of amides is 1. The fourth-order valence-electron chi connectivity index (χ4n) is 2.21. The predicted octanol–water partition coefficient (Wildman–Crippen LogP) is 1.33. The highest BCUT2D eigenvalue weighted by Crippen LogP contribution is 2.25. The minimum Gasteiger partial charge on any atom is -0.384 e. The Morgan fingerprint density at radius 2 is 2.40 bits per heavy atom. The van der Waals surface area contributed by atoms with E-state index in [1.807, 2.05) is 19.9 Å². The van der Waals surface area contributed by atoms with Crippen LogP contribution in [0.4, 0.5) is 0 Å². The molecule has 0 bridgehead atoms. The smallest absolute Gasteiger partial charge is 0.251 e. The SMILES string of the molecule is CC1OCCC1(C)NC(=O)c1cccc(C#CCO)c1. The molecule has 0 aromatic heterocycles. The third-order valence-electron chi connectivity index (χ3n) is 3.72. The van der Waals surface area contributed by atoms with Gasteiger partial charge < -0.3 is 15.2 Å². The first-order chi connectivity index (χ1) is 9.55. The quantitative estimate of drug-likeness (QED) is 0.799. The summed E-state index contributed by atoms with van der Waals surface area (Å²) in [5.74, 6) is 5.24. The highest BCUT2D eigenvalue weighted by molar-refractivity contribution is 5.95. The summed E-state index contributed by atoms with van der Waals surface area (Å²) in [7, 11) is 0. The molecule has 20 heavy (non-hydrogen) atoms. The number of ether oxygens (including phenoxy) is 1. The van der Waals surface area contributed by atoms with Crippen LogP contribution in [0, 0.1) is 11.8 Å². The Morgan fingerprint density at radius 3 is 3.05 bits per heavy atom. The minimum atomic E-state index is -0.329. The van der Waals surface area contributed by atoms with Gasteiger partial charge in [0.05, 0.1) is 11.6 Å². The fourth-order valence-corrected chi connectivity index (χ4v) is 2.21. The van der Waals surface area contributed by atoms with Gasteiger partial charge in [-0.25, -0.2) is 0 Å². The molecule has 0 radical (unpaired) electrons. The van der Waals surface area contributed by atoms with E-state index in [4.69, 9.17) is 9.84 Å². The molecule has 2 atom stereocenters. The largest absolute Gasteiger partial charge is 0.384 e. The van der Waals surface area contributed by atoms with Crippen molar-refractivity contribution in [3.05, 3.63) is 35.4 Å². The Bertz CT molecular complexity index is 558. The number of aliphatic hydroxyl groups is 1. The molecular formula is C16H19NO3. The van der Waals surface area contributed by atoms with Crippen LogP contribution in [0.5, 0.6) is 0 Å². The normalized spacial score (nSPS) is 24.9. The van der Waals surface area contributed by atoms with Gasteiger partial charge in [0, 0.05) is 17.7 Å². The zero-order valence-electron chi connectivity index (χ0n) is 11.8. The lowest BCUT2D eigenvalue weighted by Crippen LogP contribution is -2.50. The Morgan fingerprint density at radius 1 is 1.60 bits per heavy atom. The van der Waals surface area contributed by atoms with E-state index >= 15 is 0 Å². The van der Waals surface area contributed by atoms with Crippen LogP contribution in [0.3, 0.4) is 0 Å². The molecule has 1 saturated heterocycles. The maximum absolute atomic E-state index is 12.3. The summed E-state index contributed by atoms with van der Waals surface area (Å²) in [6.07, 6.45) is 0.813. The second-order valence-electron chi connectivity index (χ2n) is 5.18. The second kappa shape index (κ2) is 6.08. The van der Waals surface area contributed by atoms with Crippen LogP contribution < -0.4 is 5.32 Å². The molecule has 4 nitrogen and oxygen atoms in total. The summed E-state index contributed by atoms with van der Waals surface area (Å²) in [6, 6.07) is 7.07. The molecule has 1 fully saturated rings. The summed E-state index contributed by atoms with van der Waals surface area (Å²) >= 11 is 0. The van der Waals surface area contributed by atoms with Gasteiger partial charge in [0.15, 0.2) is 0 Å². The second-order valence-corrected chi connectivity index (χ2v) is 5.18. The summed E-state index contributed by atoms with van der Waals surface area (Å²) in [5.41, 5.74) is 0.951. The van der Waals surface area contributed by atoms with Gasteiger partial charge in [-0.15, -0.1) is 0 Å². The van der Waals surface area contributed by atoms with Gasteiger partial charge >= 0.3 is 0 Å². The van der Waals surface area contributed by atoms with Crippen molar-refractivity contribution in [1.82, 2.24) is 5.32 Å². The molecule has 2 unspecified atom stereocenters. The minimum absolute atomic E-state index is 0.00353. The molecule has 2 rings (SSSR count). The van der Waals surface area contributed by atoms with Crippen molar-refractivity contribution in [3.8, 4) is 11.8 Å². The van der Waals surface area contributed by atoms with Gasteiger partial charge in [0.25, 0.3) is 5.91 Å². The number of rotatable bonds is 2. The van der Waals surface area contributed by atoms with Crippen LogP contribution in [0.1, 0.15) is 36.2 Å². The first-order valence-corrected chi connectivity index (χ1v) is 6.69. The molecule has 1 aromatic rings. The van der Waals surface area contributed by atoms with E-state index in [-0.39, 0.29) is 24.2 Å². The Kier molecular flexibility index (Phi) is 4.43. The maximum atomic E-state index is 12.3. The lowest BCUT2D eigenvalue weighted by atomic mass is 9.94. The highest BCUT2D eigenvalue weighted by atomic mass is 16.5. The van der Waals surface area contributed by atoms with Crippen molar-refractivity contribution < 1.29 is 14.6 Å². The zero-order valence-corrected chi connectivity index (χ0v) is 11.8. The lowest BCUT2D eigenvalue weighted by Gasteiger charge is -2.28. The van der Waals surface area contributed by atoms with Crippen molar-refractivity contribution in [2.24, 2.45) is 0 Å². The van der Waals surface area contributed by atoms with Gasteiger partial charge in [-0.2, -0.15) is 0 Å². The average molecular weight is 273 g/mol. The predicted molar refractivity (Wildman–Crippen MR) is 76.3 cm³/mol. The maximum Gasteiger partial charge on any atom is 0.251 e. The number of carbonyl (C=O) groups excluding carboxylic acids is 1. The van der Waals surface area contributed by atoms with E-state index in [1.54, 1.807) is 18.2 Å². The van der Waals surface area contributed by atoms with E-state index in [2.05, 4.69) is 17.2 Å². The zero-order chi connectivity index (χ0) is 14.6. The number of nitrogens with one attached hydrogen (secondary N) is 1. The molecule has 0 aliphatic carbocycles. The number of carbonyl (C=O) groups is 1. The first-order valence-electron chi connectivity index (χ1n) is 6.69. The number of benzene rings is 1. The average Bonchev–Trinajstić information content (AvgIpc) is 2.76. The number of aliphatic hydroxyl groups excluding tert-OH is 1. The topological polar surface area (TPSA) is 58.6 Å². The molecule has 2 N–H and O–H groups in total. The molecule has 4 heteroatoms. The van der Waals surface area contributed by atoms with Crippen molar-refractivity contribution in [2.45, 2.75) is 31.9 Å². The summed E-state index contributed by atoms with van der Waals surface area (Å²) in [6.45, 7) is 4.44. The van der Waals surface area contributed by atoms with Crippen LogP contribution in [0.15, 0.2) is 24.3 Å². The number of hydrogen-bond donors (Lipinski definition) is 2. The molecular weight excluding hydrogens is 254 g/mol. The van der Waals surface area contributed by atoms with Crippen LogP contribution in [0.2, 0.25) is 0 Å². The van der Waals surface area contributed by atoms with Gasteiger partial charge in [-0.3, -0.25) is 4.79 Å². The van der Waals surface area contributed by atoms with Crippen LogP contribution in [-0.2, 0) is 4.74 Å². The van der Waals surface area contributed by atoms with E-state index < -0.39 is 0 Å². The van der Waals surface area contributed by atoms with Gasteiger partial charge in [0.2, 0.25) is 0 Å². The van der Waals surface area contributed by atoms with E-state index in [9.17, 15) is 4.79 Å². The Hall–Kier alpha value is -1.83. The van der Waals surface area contributed by atoms with Crippen LogP contribution >= 0.6 is 0 Å². The Balaban J connectivity index is 2.13. The summed E-state index contributed by atoms with van der Waals surface area (Å²) in [4.78, 5) is 12.3. The Labute approximate surface area is 119 Å². The van der Waals surface area contributed by atoms with Gasteiger partial charge in [0.1, 0.15) is 6.61 Å². The van der Waals surface area contributed by atoms with E-state index in [0.29, 0.717) is 17.7 Å². The van der Waals surface area contributed by atoms with Gasteiger partial charge in [-0.05, 0) is 38.5 Å². The van der Waals surface area contributed by atoms with Crippen molar-refractivity contribution >= 4 is 5.91 Å². The molecule has 1 aliphatic heterocycles. The molecule has 1 aliphatic rings. The molecule has 0 spiro atoms.